The number of rotatable bonds is 5. The molecule has 0 spiro atoms. The van der Waals surface area contributed by atoms with Crippen molar-refractivity contribution in [1.29, 1.82) is 0 Å². The summed E-state index contributed by atoms with van der Waals surface area (Å²) in [5.41, 5.74) is 2.81. The fourth-order valence-electron chi connectivity index (χ4n) is 4.03. The molecule has 7 heteroatoms. The third-order valence-electron chi connectivity index (χ3n) is 5.90. The Hall–Kier alpha value is -4.65. The van der Waals surface area contributed by atoms with Gasteiger partial charge in [-0.25, -0.2) is 4.98 Å². The van der Waals surface area contributed by atoms with E-state index in [1.165, 1.54) is 17.7 Å². The number of ether oxygens (including phenoxy) is 1. The van der Waals surface area contributed by atoms with E-state index in [0.29, 0.717) is 17.4 Å². The van der Waals surface area contributed by atoms with Crippen LogP contribution >= 0.6 is 0 Å². The lowest BCUT2D eigenvalue weighted by Gasteiger charge is -2.19. The molecule has 3 aromatic carbocycles. The largest absolute Gasteiger partial charge is 0.507 e. The molecule has 0 saturated heterocycles. The topological polar surface area (TPSA) is 97.5 Å². The van der Waals surface area contributed by atoms with Crippen LogP contribution in [-0.4, -0.2) is 15.1 Å². The van der Waals surface area contributed by atoms with Crippen molar-refractivity contribution in [3.8, 4) is 28.7 Å². The minimum atomic E-state index is -0.342. The van der Waals surface area contributed by atoms with Crippen LogP contribution in [0.5, 0.6) is 17.4 Å². The Morgan fingerprint density at radius 2 is 1.65 bits per heavy atom. The number of phenols is 1. The number of anilines is 2. The van der Waals surface area contributed by atoms with Crippen LogP contribution < -0.4 is 15.5 Å². The van der Waals surface area contributed by atoms with Crippen molar-refractivity contribution in [3.05, 3.63) is 100 Å². The SMILES string of the molecule is Cc1nc(Nc2ccc(C(C)(C)C)cc2)cc(Oc2cc(O)c3c(=O)cc(-c4ccccc4)oc3c2)n1. The first-order chi connectivity index (χ1) is 17.7. The summed E-state index contributed by atoms with van der Waals surface area (Å²) in [5.74, 6) is 1.79. The van der Waals surface area contributed by atoms with E-state index in [1.54, 1.807) is 19.1 Å². The maximum Gasteiger partial charge on any atom is 0.224 e. The van der Waals surface area contributed by atoms with Gasteiger partial charge in [-0.1, -0.05) is 63.2 Å². The molecule has 0 amide bonds. The molecular weight excluding hydrogens is 466 g/mol. The Labute approximate surface area is 214 Å². The fourth-order valence-corrected chi connectivity index (χ4v) is 4.03. The Bertz CT molecular complexity index is 1640. The summed E-state index contributed by atoms with van der Waals surface area (Å²) in [6, 6.07) is 23.5. The monoisotopic (exact) mass is 493 g/mol. The highest BCUT2D eigenvalue weighted by Gasteiger charge is 2.15. The average Bonchev–Trinajstić information content (AvgIpc) is 2.83. The van der Waals surface area contributed by atoms with Gasteiger partial charge in [-0.2, -0.15) is 4.98 Å². The predicted molar refractivity (Wildman–Crippen MR) is 145 cm³/mol. The highest BCUT2D eigenvalue weighted by Crippen LogP contribution is 2.33. The molecule has 5 rings (SSSR count). The second-order valence-corrected chi connectivity index (χ2v) is 9.85. The molecule has 2 heterocycles. The summed E-state index contributed by atoms with van der Waals surface area (Å²) in [7, 11) is 0. The number of aromatic hydroxyl groups is 1. The number of hydrogen-bond donors (Lipinski definition) is 2. The maximum atomic E-state index is 12.7. The lowest BCUT2D eigenvalue weighted by molar-refractivity contribution is 0.445. The second kappa shape index (κ2) is 9.43. The lowest BCUT2D eigenvalue weighted by Crippen LogP contribution is -2.10. The molecule has 0 bridgehead atoms. The molecule has 0 aliphatic heterocycles. The zero-order chi connectivity index (χ0) is 26.2. The number of aryl methyl sites for hydroxylation is 1. The second-order valence-electron chi connectivity index (χ2n) is 9.85. The molecule has 37 heavy (non-hydrogen) atoms. The summed E-state index contributed by atoms with van der Waals surface area (Å²) >= 11 is 0. The van der Waals surface area contributed by atoms with Gasteiger partial charge in [-0.05, 0) is 30.0 Å². The van der Waals surface area contributed by atoms with Gasteiger partial charge < -0.3 is 19.6 Å². The van der Waals surface area contributed by atoms with Gasteiger partial charge in [0.25, 0.3) is 0 Å². The minimum absolute atomic E-state index is 0.0669. The smallest absolute Gasteiger partial charge is 0.224 e. The lowest BCUT2D eigenvalue weighted by atomic mass is 9.87. The van der Waals surface area contributed by atoms with Gasteiger partial charge in [0, 0.05) is 35.5 Å². The number of fused-ring (bicyclic) bond motifs is 1. The van der Waals surface area contributed by atoms with Crippen LogP contribution in [-0.2, 0) is 5.41 Å². The fraction of sp³-hybridized carbons (Fsp3) is 0.167. The van der Waals surface area contributed by atoms with Crippen LogP contribution in [0.25, 0.3) is 22.3 Å². The summed E-state index contributed by atoms with van der Waals surface area (Å²) in [5, 5.41) is 13.9. The van der Waals surface area contributed by atoms with Gasteiger partial charge in [-0.3, -0.25) is 4.79 Å². The third-order valence-corrected chi connectivity index (χ3v) is 5.90. The molecule has 7 nitrogen and oxygen atoms in total. The number of nitrogens with one attached hydrogen (secondary N) is 1. The first-order valence-electron chi connectivity index (χ1n) is 11.9. The minimum Gasteiger partial charge on any atom is -0.507 e. The Balaban J connectivity index is 1.44. The van der Waals surface area contributed by atoms with Crippen molar-refractivity contribution in [3.63, 3.8) is 0 Å². The van der Waals surface area contributed by atoms with Crippen molar-refractivity contribution in [2.45, 2.75) is 33.1 Å². The van der Waals surface area contributed by atoms with Gasteiger partial charge in [0.05, 0.1) is 0 Å². The van der Waals surface area contributed by atoms with E-state index >= 15 is 0 Å². The Kier molecular flexibility index (Phi) is 6.13. The standard InChI is InChI=1S/C30H27N3O4/c1-18-31-27(33-21-12-10-20(11-13-21)30(2,3)4)17-28(32-18)36-22-14-23(34)29-24(35)16-25(37-26(29)15-22)19-8-6-5-7-9-19/h5-17,34H,1-4H3,(H,31,32,33). The van der Waals surface area contributed by atoms with E-state index in [2.05, 4.69) is 48.2 Å². The quantitative estimate of drug-likeness (QED) is 0.269. The summed E-state index contributed by atoms with van der Waals surface area (Å²) in [6.07, 6.45) is 0. The van der Waals surface area contributed by atoms with Crippen molar-refractivity contribution in [2.75, 3.05) is 5.32 Å². The molecule has 0 unspecified atom stereocenters. The summed E-state index contributed by atoms with van der Waals surface area (Å²) in [4.78, 5) is 21.5. The van der Waals surface area contributed by atoms with Gasteiger partial charge in [0.1, 0.15) is 39.9 Å². The van der Waals surface area contributed by atoms with Gasteiger partial charge in [-0.15, -0.1) is 0 Å². The molecule has 0 saturated carbocycles. The normalized spacial score (nSPS) is 11.5. The molecule has 2 N–H and O–H groups in total. The maximum absolute atomic E-state index is 12.7. The number of hydrogen-bond acceptors (Lipinski definition) is 7. The molecule has 0 aliphatic rings. The van der Waals surface area contributed by atoms with Gasteiger partial charge in [0.2, 0.25) is 5.88 Å². The number of aromatic nitrogens is 2. The number of phenolic OH excluding ortho intramolecular Hbond substituents is 1. The molecular formula is C30H27N3O4. The van der Waals surface area contributed by atoms with E-state index in [0.717, 1.165) is 11.3 Å². The average molecular weight is 494 g/mol. The number of nitrogens with zero attached hydrogens (tertiary/aromatic N) is 2. The van der Waals surface area contributed by atoms with Crippen molar-refractivity contribution in [1.82, 2.24) is 9.97 Å². The first kappa shape index (κ1) is 24.1. The predicted octanol–water partition coefficient (Wildman–Crippen LogP) is 7.10. The van der Waals surface area contributed by atoms with Crippen LogP contribution in [0, 0.1) is 6.92 Å². The summed E-state index contributed by atoms with van der Waals surface area (Å²) in [6.45, 7) is 8.28. The van der Waals surface area contributed by atoms with Crippen molar-refractivity contribution >= 4 is 22.5 Å². The van der Waals surface area contributed by atoms with Crippen LogP contribution in [0.3, 0.4) is 0 Å². The molecule has 5 aromatic rings. The van der Waals surface area contributed by atoms with Gasteiger partial charge in [0.15, 0.2) is 5.43 Å². The molecule has 0 atom stereocenters. The highest BCUT2D eigenvalue weighted by atomic mass is 16.5. The molecule has 2 aromatic heterocycles. The molecule has 186 valence electrons. The van der Waals surface area contributed by atoms with Crippen LogP contribution in [0.15, 0.2) is 88.1 Å². The third kappa shape index (κ3) is 5.30. The Morgan fingerprint density at radius 3 is 2.35 bits per heavy atom. The van der Waals surface area contributed by atoms with Gasteiger partial charge >= 0.3 is 0 Å². The number of benzene rings is 3. The van der Waals surface area contributed by atoms with Crippen LogP contribution in [0.2, 0.25) is 0 Å². The highest BCUT2D eigenvalue weighted by molar-refractivity contribution is 5.86. The molecule has 0 radical (unpaired) electrons. The molecule has 0 aliphatic carbocycles. The van der Waals surface area contributed by atoms with Crippen LogP contribution in [0.1, 0.15) is 32.2 Å². The van der Waals surface area contributed by atoms with Crippen LogP contribution in [0.4, 0.5) is 11.5 Å². The summed E-state index contributed by atoms with van der Waals surface area (Å²) < 4.78 is 11.9. The zero-order valence-corrected chi connectivity index (χ0v) is 21.1. The van der Waals surface area contributed by atoms with E-state index in [1.807, 2.05) is 42.5 Å². The van der Waals surface area contributed by atoms with E-state index in [-0.39, 0.29) is 39.2 Å². The zero-order valence-electron chi connectivity index (χ0n) is 21.1. The van der Waals surface area contributed by atoms with E-state index in [4.69, 9.17) is 9.15 Å². The van der Waals surface area contributed by atoms with Crippen molar-refractivity contribution < 1.29 is 14.3 Å². The Morgan fingerprint density at radius 1 is 0.919 bits per heavy atom. The van der Waals surface area contributed by atoms with Crippen molar-refractivity contribution in [2.24, 2.45) is 0 Å². The molecule has 0 fully saturated rings. The van der Waals surface area contributed by atoms with E-state index < -0.39 is 0 Å². The first-order valence-corrected chi connectivity index (χ1v) is 11.9. The van der Waals surface area contributed by atoms with E-state index in [9.17, 15) is 9.90 Å².